The predicted octanol–water partition coefficient (Wildman–Crippen LogP) is 14.1. The van der Waals surface area contributed by atoms with Crippen LogP contribution < -0.4 is 4.90 Å². The Morgan fingerprint density at radius 3 is 1.51 bits per heavy atom. The molecule has 0 fully saturated rings. The van der Waals surface area contributed by atoms with Gasteiger partial charge in [-0.1, -0.05) is 170 Å². The van der Waals surface area contributed by atoms with Crippen molar-refractivity contribution in [2.45, 2.75) is 0 Å². The van der Waals surface area contributed by atoms with Crippen molar-refractivity contribution >= 4 is 38.6 Å². The Labute approximate surface area is 305 Å². The molecule has 51 heavy (non-hydrogen) atoms. The SMILES string of the molecule is [2H]c1c([2H])c(N(c2ccc(-c3ccc4ccccc4c3)cc2)c2ccc(-c3c(-c4ccccc4)ccc4ccccc34)cc2)c([2H])c([2H])c1-c1ccccc1. The minimum Gasteiger partial charge on any atom is -0.311 e. The maximum Gasteiger partial charge on any atom is 0.0645 e. The first kappa shape index (κ1) is 26.2. The normalized spacial score (nSPS) is 12.2. The van der Waals surface area contributed by atoms with Gasteiger partial charge in [0, 0.05) is 17.1 Å². The summed E-state index contributed by atoms with van der Waals surface area (Å²) < 4.78 is 37.0. The summed E-state index contributed by atoms with van der Waals surface area (Å²) in [6.45, 7) is 0. The smallest absolute Gasteiger partial charge is 0.0645 e. The fraction of sp³-hybridized carbons (Fsp3) is 0. The van der Waals surface area contributed by atoms with Crippen LogP contribution in [0.4, 0.5) is 17.1 Å². The molecule has 1 heteroatoms. The van der Waals surface area contributed by atoms with Crippen molar-refractivity contribution in [2.24, 2.45) is 0 Å². The van der Waals surface area contributed by atoms with E-state index in [9.17, 15) is 2.74 Å². The largest absolute Gasteiger partial charge is 0.311 e. The van der Waals surface area contributed by atoms with Crippen LogP contribution in [0.25, 0.3) is 66.1 Å². The molecule has 9 aromatic rings. The third kappa shape index (κ3) is 5.96. The molecule has 9 rings (SSSR count). The van der Waals surface area contributed by atoms with E-state index in [1.807, 2.05) is 77.7 Å². The molecule has 240 valence electrons. The zero-order valence-corrected chi connectivity index (χ0v) is 27.8. The van der Waals surface area contributed by atoms with E-state index in [0.717, 1.165) is 60.9 Å². The fourth-order valence-electron chi connectivity index (χ4n) is 6.96. The standard InChI is InChI=1S/C50H35N/c1-3-11-36(12-4-1)38-21-28-45(29-22-38)51(46-30-23-39(24-31-46)44-20-19-37-13-7-8-17-43(37)35-44)47-32-25-42(26-33-47)50-48-18-10-9-16-41(48)27-34-49(50)40-14-5-2-6-15-40/h1-35H/i21D,22D,28D,29D. The van der Waals surface area contributed by atoms with E-state index in [-0.39, 0.29) is 35.4 Å². The number of anilines is 3. The first-order valence-electron chi connectivity index (χ1n) is 19.2. The molecule has 0 bridgehead atoms. The van der Waals surface area contributed by atoms with Crippen molar-refractivity contribution in [3.63, 3.8) is 0 Å². The summed E-state index contributed by atoms with van der Waals surface area (Å²) >= 11 is 0. The summed E-state index contributed by atoms with van der Waals surface area (Å²) in [4.78, 5) is 1.85. The molecule has 0 heterocycles. The van der Waals surface area contributed by atoms with Crippen LogP contribution in [0.15, 0.2) is 212 Å². The number of fused-ring (bicyclic) bond motifs is 2. The van der Waals surface area contributed by atoms with Gasteiger partial charge in [0.05, 0.1) is 5.48 Å². The quantitative estimate of drug-likeness (QED) is 0.165. The summed E-state index contributed by atoms with van der Waals surface area (Å²) in [6.07, 6.45) is 0. The lowest BCUT2D eigenvalue weighted by Gasteiger charge is -2.26. The Hall–Kier alpha value is -6.70. The molecule has 0 unspecified atom stereocenters. The molecular weight excluding hydrogens is 615 g/mol. The Balaban J connectivity index is 1.20. The monoisotopic (exact) mass is 653 g/mol. The second-order valence-electron chi connectivity index (χ2n) is 12.7. The lowest BCUT2D eigenvalue weighted by atomic mass is 9.89. The maximum absolute atomic E-state index is 9.36. The summed E-state index contributed by atoms with van der Waals surface area (Å²) in [6, 6.07) is 63.1. The van der Waals surface area contributed by atoms with Gasteiger partial charge in [-0.3, -0.25) is 0 Å². The second kappa shape index (κ2) is 13.3. The average Bonchev–Trinajstić information content (AvgIpc) is 3.25. The highest BCUT2D eigenvalue weighted by Gasteiger charge is 2.16. The minimum absolute atomic E-state index is 0.0835. The van der Waals surface area contributed by atoms with Crippen molar-refractivity contribution in [1.29, 1.82) is 0 Å². The molecule has 0 radical (unpaired) electrons. The summed E-state index contributed by atoms with van der Waals surface area (Å²) in [5.41, 5.74) is 9.09. The Bertz CT molecular complexity index is 2810. The minimum atomic E-state index is -0.108. The van der Waals surface area contributed by atoms with Crippen molar-refractivity contribution < 1.29 is 5.48 Å². The average molecular weight is 654 g/mol. The van der Waals surface area contributed by atoms with Crippen LogP contribution in [-0.4, -0.2) is 0 Å². The molecule has 0 aromatic heterocycles. The summed E-state index contributed by atoms with van der Waals surface area (Å²) in [7, 11) is 0. The summed E-state index contributed by atoms with van der Waals surface area (Å²) in [5.74, 6) is 0. The van der Waals surface area contributed by atoms with Gasteiger partial charge in [0.1, 0.15) is 0 Å². The molecule has 0 saturated carbocycles. The Kier molecular flexibility index (Phi) is 6.84. The molecule has 0 aliphatic rings. The van der Waals surface area contributed by atoms with Gasteiger partial charge in [-0.2, -0.15) is 0 Å². The lowest BCUT2D eigenvalue weighted by Crippen LogP contribution is -2.09. The number of rotatable bonds is 7. The number of benzene rings is 9. The molecule has 0 spiro atoms. The van der Waals surface area contributed by atoms with Gasteiger partial charge in [-0.15, -0.1) is 0 Å². The van der Waals surface area contributed by atoms with Gasteiger partial charge in [0.25, 0.3) is 0 Å². The highest BCUT2D eigenvalue weighted by molar-refractivity contribution is 6.04. The van der Waals surface area contributed by atoms with Crippen LogP contribution in [0, 0.1) is 0 Å². The third-order valence-corrected chi connectivity index (χ3v) is 9.53. The van der Waals surface area contributed by atoms with Crippen LogP contribution in [0.1, 0.15) is 5.48 Å². The predicted molar refractivity (Wildman–Crippen MR) is 218 cm³/mol. The van der Waals surface area contributed by atoms with Crippen molar-refractivity contribution in [3.05, 3.63) is 212 Å². The van der Waals surface area contributed by atoms with E-state index in [0.29, 0.717) is 5.56 Å². The molecule has 0 amide bonds. The van der Waals surface area contributed by atoms with Gasteiger partial charge >= 0.3 is 0 Å². The molecule has 1 nitrogen and oxygen atoms in total. The van der Waals surface area contributed by atoms with Crippen LogP contribution in [0.3, 0.4) is 0 Å². The lowest BCUT2D eigenvalue weighted by molar-refractivity contribution is 1.28. The molecular formula is C50H35N. The summed E-state index contributed by atoms with van der Waals surface area (Å²) in [5, 5.41) is 4.64. The van der Waals surface area contributed by atoms with Gasteiger partial charge < -0.3 is 4.90 Å². The third-order valence-electron chi connectivity index (χ3n) is 9.53. The highest BCUT2D eigenvalue weighted by Crippen LogP contribution is 2.41. The molecule has 0 aliphatic carbocycles. The Morgan fingerprint density at radius 1 is 0.314 bits per heavy atom. The van der Waals surface area contributed by atoms with E-state index in [1.165, 1.54) is 5.39 Å². The molecule has 9 aromatic carbocycles. The molecule has 0 N–H and O–H groups in total. The van der Waals surface area contributed by atoms with E-state index >= 15 is 0 Å². The van der Waals surface area contributed by atoms with E-state index in [4.69, 9.17) is 2.74 Å². The van der Waals surface area contributed by atoms with E-state index in [2.05, 4.69) is 115 Å². The van der Waals surface area contributed by atoms with Gasteiger partial charge in [-0.05, 0) is 108 Å². The number of hydrogen-bond acceptors (Lipinski definition) is 1. The molecule has 0 aliphatic heterocycles. The van der Waals surface area contributed by atoms with Gasteiger partial charge in [0.2, 0.25) is 0 Å². The number of hydrogen-bond donors (Lipinski definition) is 0. The molecule has 0 atom stereocenters. The fourth-order valence-corrected chi connectivity index (χ4v) is 6.96. The topological polar surface area (TPSA) is 3.24 Å². The second-order valence-corrected chi connectivity index (χ2v) is 12.7. The highest BCUT2D eigenvalue weighted by atomic mass is 15.1. The van der Waals surface area contributed by atoms with Crippen molar-refractivity contribution in [2.75, 3.05) is 4.90 Å². The van der Waals surface area contributed by atoms with Crippen LogP contribution in [0.2, 0.25) is 0 Å². The van der Waals surface area contributed by atoms with Crippen molar-refractivity contribution in [1.82, 2.24) is 0 Å². The maximum atomic E-state index is 9.36. The first-order valence-corrected chi connectivity index (χ1v) is 17.2. The van der Waals surface area contributed by atoms with Gasteiger partial charge in [-0.25, -0.2) is 0 Å². The first-order chi connectivity index (χ1) is 27.0. The molecule has 0 saturated heterocycles. The van der Waals surface area contributed by atoms with Crippen LogP contribution >= 0.6 is 0 Å². The van der Waals surface area contributed by atoms with E-state index in [1.54, 1.807) is 0 Å². The number of nitrogens with zero attached hydrogens (tertiary/aromatic N) is 1. The van der Waals surface area contributed by atoms with Crippen molar-refractivity contribution in [3.8, 4) is 44.5 Å². The van der Waals surface area contributed by atoms with Crippen LogP contribution in [-0.2, 0) is 0 Å². The van der Waals surface area contributed by atoms with E-state index < -0.39 is 0 Å². The van der Waals surface area contributed by atoms with Crippen LogP contribution in [0.5, 0.6) is 0 Å². The van der Waals surface area contributed by atoms with Gasteiger partial charge in [0.15, 0.2) is 0 Å². The Morgan fingerprint density at radius 2 is 0.824 bits per heavy atom. The zero-order valence-electron chi connectivity index (χ0n) is 31.8. The zero-order chi connectivity index (χ0) is 37.5.